The number of likely N-dealkylation sites (tertiary alicyclic amines) is 1. The first kappa shape index (κ1) is 14.3. The van der Waals surface area contributed by atoms with Crippen LogP contribution in [0.3, 0.4) is 0 Å². The fourth-order valence-electron chi connectivity index (χ4n) is 2.47. The van der Waals surface area contributed by atoms with Crippen LogP contribution in [-0.4, -0.2) is 34.5 Å². The second-order valence-corrected chi connectivity index (χ2v) is 6.54. The monoisotopic (exact) mass is 301 g/mol. The molecule has 1 saturated heterocycles. The highest BCUT2D eigenvalue weighted by Crippen LogP contribution is 2.31. The third-order valence-electron chi connectivity index (χ3n) is 3.46. The SMILES string of the molecule is CC(C(=O)N1CCCC1CC(=O)O)c1ccc(Cl)s1. The molecule has 0 bridgehead atoms. The Bertz CT molecular complexity index is 488. The molecule has 0 radical (unpaired) electrons. The summed E-state index contributed by atoms with van der Waals surface area (Å²) in [6, 6.07) is 3.48. The molecule has 1 aromatic heterocycles. The Hall–Kier alpha value is -1.07. The van der Waals surface area contributed by atoms with E-state index in [0.717, 1.165) is 17.7 Å². The summed E-state index contributed by atoms with van der Waals surface area (Å²) in [5, 5.41) is 8.88. The van der Waals surface area contributed by atoms with Gasteiger partial charge in [-0.2, -0.15) is 0 Å². The van der Waals surface area contributed by atoms with Crippen LogP contribution in [0.15, 0.2) is 12.1 Å². The Labute approximate surface area is 121 Å². The van der Waals surface area contributed by atoms with E-state index in [4.69, 9.17) is 16.7 Å². The fraction of sp³-hybridized carbons (Fsp3) is 0.538. The summed E-state index contributed by atoms with van der Waals surface area (Å²) in [4.78, 5) is 25.9. The third kappa shape index (κ3) is 3.28. The molecule has 0 spiro atoms. The average Bonchev–Trinajstić information content (AvgIpc) is 2.95. The summed E-state index contributed by atoms with van der Waals surface area (Å²) in [5.74, 6) is -1.11. The average molecular weight is 302 g/mol. The second kappa shape index (κ2) is 5.92. The maximum absolute atomic E-state index is 12.4. The standard InChI is InChI=1S/C13H16ClNO3S/c1-8(10-4-5-11(14)19-10)13(18)15-6-2-3-9(15)7-12(16)17/h4-5,8-9H,2-3,6-7H2,1H3,(H,16,17). The molecule has 1 aliphatic rings. The first-order valence-corrected chi connectivity index (χ1v) is 7.46. The van der Waals surface area contributed by atoms with Gasteiger partial charge < -0.3 is 10.0 Å². The van der Waals surface area contributed by atoms with Gasteiger partial charge in [-0.15, -0.1) is 11.3 Å². The van der Waals surface area contributed by atoms with E-state index in [2.05, 4.69) is 0 Å². The number of aliphatic carboxylic acids is 1. The Morgan fingerprint density at radius 2 is 2.32 bits per heavy atom. The number of carboxylic acids is 1. The van der Waals surface area contributed by atoms with E-state index in [9.17, 15) is 9.59 Å². The van der Waals surface area contributed by atoms with Gasteiger partial charge in [0, 0.05) is 17.5 Å². The first-order valence-electron chi connectivity index (χ1n) is 6.26. The van der Waals surface area contributed by atoms with Crippen molar-refractivity contribution in [2.75, 3.05) is 6.54 Å². The van der Waals surface area contributed by atoms with Crippen molar-refractivity contribution in [3.8, 4) is 0 Å². The molecule has 2 rings (SSSR count). The Balaban J connectivity index is 2.07. The predicted molar refractivity (Wildman–Crippen MR) is 74.7 cm³/mol. The molecule has 1 aliphatic heterocycles. The Morgan fingerprint density at radius 3 is 2.89 bits per heavy atom. The van der Waals surface area contributed by atoms with E-state index in [1.54, 1.807) is 11.0 Å². The second-order valence-electron chi connectivity index (χ2n) is 4.79. The minimum Gasteiger partial charge on any atom is -0.481 e. The van der Waals surface area contributed by atoms with Crippen LogP contribution in [0.5, 0.6) is 0 Å². The molecule has 4 nitrogen and oxygen atoms in total. The number of hydrogen-bond donors (Lipinski definition) is 1. The first-order chi connectivity index (χ1) is 8.99. The number of halogens is 1. The molecule has 0 saturated carbocycles. The molecule has 0 aromatic carbocycles. The number of rotatable bonds is 4. The topological polar surface area (TPSA) is 57.6 Å². The highest BCUT2D eigenvalue weighted by molar-refractivity contribution is 7.16. The van der Waals surface area contributed by atoms with Crippen LogP contribution in [0.2, 0.25) is 4.34 Å². The molecule has 19 heavy (non-hydrogen) atoms. The van der Waals surface area contributed by atoms with Crippen LogP contribution in [0.25, 0.3) is 0 Å². The number of nitrogens with zero attached hydrogens (tertiary/aromatic N) is 1. The number of hydrogen-bond acceptors (Lipinski definition) is 3. The molecular formula is C13H16ClNO3S. The number of carboxylic acid groups (broad SMARTS) is 1. The minimum absolute atomic E-state index is 0.00210. The Kier molecular flexibility index (Phi) is 4.47. The van der Waals surface area contributed by atoms with E-state index in [0.29, 0.717) is 10.9 Å². The van der Waals surface area contributed by atoms with Gasteiger partial charge in [-0.05, 0) is 31.9 Å². The van der Waals surface area contributed by atoms with Crippen molar-refractivity contribution in [3.63, 3.8) is 0 Å². The van der Waals surface area contributed by atoms with Crippen molar-refractivity contribution < 1.29 is 14.7 Å². The van der Waals surface area contributed by atoms with Crippen LogP contribution in [0.4, 0.5) is 0 Å². The van der Waals surface area contributed by atoms with E-state index in [1.807, 2.05) is 13.0 Å². The maximum Gasteiger partial charge on any atom is 0.305 e. The largest absolute Gasteiger partial charge is 0.481 e. The van der Waals surface area contributed by atoms with Crippen LogP contribution < -0.4 is 0 Å². The van der Waals surface area contributed by atoms with Crippen molar-refractivity contribution in [3.05, 3.63) is 21.3 Å². The van der Waals surface area contributed by atoms with E-state index >= 15 is 0 Å². The van der Waals surface area contributed by atoms with Crippen LogP contribution in [0, 0.1) is 0 Å². The van der Waals surface area contributed by atoms with E-state index in [-0.39, 0.29) is 24.3 Å². The molecule has 2 atom stereocenters. The smallest absolute Gasteiger partial charge is 0.305 e. The molecule has 6 heteroatoms. The van der Waals surface area contributed by atoms with Gasteiger partial charge in [-0.3, -0.25) is 9.59 Å². The molecule has 104 valence electrons. The van der Waals surface area contributed by atoms with E-state index < -0.39 is 5.97 Å². The predicted octanol–water partition coefficient (Wildman–Crippen LogP) is 2.97. The maximum atomic E-state index is 12.4. The summed E-state index contributed by atoms with van der Waals surface area (Å²) in [7, 11) is 0. The molecule has 1 N–H and O–H groups in total. The summed E-state index contributed by atoms with van der Waals surface area (Å²) in [6.45, 7) is 2.50. The van der Waals surface area contributed by atoms with Crippen molar-refractivity contribution in [1.29, 1.82) is 0 Å². The molecular weight excluding hydrogens is 286 g/mol. The van der Waals surface area contributed by atoms with Gasteiger partial charge in [0.15, 0.2) is 0 Å². The van der Waals surface area contributed by atoms with Crippen molar-refractivity contribution in [2.24, 2.45) is 0 Å². The molecule has 1 amide bonds. The summed E-state index contributed by atoms with van der Waals surface area (Å²) >= 11 is 7.28. The van der Waals surface area contributed by atoms with E-state index in [1.165, 1.54) is 11.3 Å². The number of carbonyl (C=O) groups excluding carboxylic acids is 1. The zero-order chi connectivity index (χ0) is 14.0. The quantitative estimate of drug-likeness (QED) is 0.930. The van der Waals surface area contributed by atoms with Gasteiger partial charge in [0.2, 0.25) is 5.91 Å². The highest BCUT2D eigenvalue weighted by atomic mass is 35.5. The van der Waals surface area contributed by atoms with Gasteiger partial charge in [0.25, 0.3) is 0 Å². The molecule has 2 heterocycles. The third-order valence-corrected chi connectivity index (χ3v) is 4.88. The lowest BCUT2D eigenvalue weighted by atomic mass is 10.1. The Morgan fingerprint density at radius 1 is 1.58 bits per heavy atom. The van der Waals surface area contributed by atoms with Crippen molar-refractivity contribution >= 4 is 34.8 Å². The number of carbonyl (C=O) groups is 2. The summed E-state index contributed by atoms with van der Waals surface area (Å²) in [5.41, 5.74) is 0. The molecule has 1 aromatic rings. The summed E-state index contributed by atoms with van der Waals surface area (Å²) in [6.07, 6.45) is 1.68. The minimum atomic E-state index is -0.850. The van der Waals surface area contributed by atoms with Crippen molar-refractivity contribution in [2.45, 2.75) is 38.1 Å². The zero-order valence-corrected chi connectivity index (χ0v) is 12.2. The van der Waals surface area contributed by atoms with Gasteiger partial charge >= 0.3 is 5.97 Å². The van der Waals surface area contributed by atoms with Gasteiger partial charge in [-0.25, -0.2) is 0 Å². The highest BCUT2D eigenvalue weighted by Gasteiger charge is 2.33. The van der Waals surface area contributed by atoms with Gasteiger partial charge in [0.05, 0.1) is 16.7 Å². The number of amides is 1. The number of thiophene rings is 1. The fourth-order valence-corrected chi connectivity index (χ4v) is 3.58. The normalized spacial score (nSPS) is 20.5. The van der Waals surface area contributed by atoms with Crippen LogP contribution in [-0.2, 0) is 9.59 Å². The van der Waals surface area contributed by atoms with Crippen LogP contribution >= 0.6 is 22.9 Å². The van der Waals surface area contributed by atoms with Crippen molar-refractivity contribution in [1.82, 2.24) is 4.90 Å². The van der Waals surface area contributed by atoms with Crippen LogP contribution in [0.1, 0.15) is 37.0 Å². The lowest BCUT2D eigenvalue weighted by Gasteiger charge is -2.26. The van der Waals surface area contributed by atoms with Gasteiger partial charge in [0.1, 0.15) is 0 Å². The lowest BCUT2D eigenvalue weighted by molar-refractivity contribution is -0.140. The van der Waals surface area contributed by atoms with Gasteiger partial charge in [-0.1, -0.05) is 11.6 Å². The molecule has 2 unspecified atom stereocenters. The summed E-state index contributed by atoms with van der Waals surface area (Å²) < 4.78 is 0.665. The molecule has 1 fully saturated rings. The molecule has 0 aliphatic carbocycles. The lowest BCUT2D eigenvalue weighted by Crippen LogP contribution is -2.39. The zero-order valence-electron chi connectivity index (χ0n) is 10.6.